The Labute approximate surface area is 100 Å². The second kappa shape index (κ2) is 9.53. The Bertz CT molecular complexity index is 62.2. The normalized spacial score (nSPS) is 7.38. The first-order valence-corrected chi connectivity index (χ1v) is 2.35. The molecule has 0 aliphatic carbocycles. The maximum atomic E-state index is 8.88. The molecule has 0 rings (SSSR count). The molecule has 0 saturated carbocycles. The smallest absolute Gasteiger partial charge is 0.303 e. The summed E-state index contributed by atoms with van der Waals surface area (Å²) < 4.78 is 8.88. The quantitative estimate of drug-likeness (QED) is 0.343. The van der Waals surface area contributed by atoms with Gasteiger partial charge in [0, 0.05) is 0 Å². The van der Waals surface area contributed by atoms with Crippen molar-refractivity contribution in [2.75, 3.05) is 0 Å². The van der Waals surface area contributed by atoms with Crippen LogP contribution in [0.25, 0.3) is 0 Å². The molecule has 0 spiro atoms. The first kappa shape index (κ1) is 22.4. The Morgan fingerprint density at radius 1 is 1.12 bits per heavy atom. The summed E-state index contributed by atoms with van der Waals surface area (Å²) >= 11 is 0. The number of hydrogen-bond donors (Lipinski definition) is 3. The molecule has 8 heteroatoms. The summed E-state index contributed by atoms with van der Waals surface area (Å²) in [6.07, 6.45) is 0. The van der Waals surface area contributed by atoms with Crippen LogP contribution in [0.5, 0.6) is 0 Å². The van der Waals surface area contributed by atoms with Crippen molar-refractivity contribution in [3.8, 4) is 0 Å². The minimum absolute atomic E-state index is 0. The SMILES string of the molecule is O=P(O)(O)O.[Al+3].[Ca+2].[Zn+2]. The topological polar surface area (TPSA) is 77.8 Å². The van der Waals surface area contributed by atoms with Crippen LogP contribution >= 0.6 is 7.82 Å². The molecule has 0 aromatic heterocycles. The van der Waals surface area contributed by atoms with Crippen molar-refractivity contribution in [1.29, 1.82) is 0 Å². The first-order chi connectivity index (χ1) is 2.00. The summed E-state index contributed by atoms with van der Waals surface area (Å²) in [5.41, 5.74) is 0. The van der Waals surface area contributed by atoms with Crippen molar-refractivity contribution in [3.63, 3.8) is 0 Å². The Balaban J connectivity index is -0.0000000267. The van der Waals surface area contributed by atoms with E-state index in [1.54, 1.807) is 0 Å². The van der Waals surface area contributed by atoms with Crippen molar-refractivity contribution in [2.24, 2.45) is 0 Å². The van der Waals surface area contributed by atoms with Crippen molar-refractivity contribution in [3.05, 3.63) is 0 Å². The third-order valence-corrected chi connectivity index (χ3v) is 0. The van der Waals surface area contributed by atoms with Gasteiger partial charge in [-0.2, -0.15) is 0 Å². The van der Waals surface area contributed by atoms with Gasteiger partial charge >= 0.3 is 82.4 Å². The van der Waals surface area contributed by atoms with E-state index in [0.29, 0.717) is 0 Å². The maximum Gasteiger partial charge on any atom is 3.00 e. The average molecular weight is 230 g/mol. The summed E-state index contributed by atoms with van der Waals surface area (Å²) in [6.45, 7) is 0. The van der Waals surface area contributed by atoms with E-state index in [2.05, 4.69) is 0 Å². The summed E-state index contributed by atoms with van der Waals surface area (Å²) in [5, 5.41) is 0. The fourth-order valence-corrected chi connectivity index (χ4v) is 0. The van der Waals surface area contributed by atoms with Crippen molar-refractivity contribution < 1.29 is 38.7 Å². The summed E-state index contributed by atoms with van der Waals surface area (Å²) in [4.78, 5) is 21.6. The molecule has 0 bridgehead atoms. The third kappa shape index (κ3) is 75.7. The Morgan fingerprint density at radius 2 is 1.12 bits per heavy atom. The van der Waals surface area contributed by atoms with Gasteiger partial charge in [-0.05, 0) is 0 Å². The van der Waals surface area contributed by atoms with Crippen molar-refractivity contribution in [2.45, 2.75) is 0 Å². The Kier molecular flexibility index (Phi) is 26.7. The maximum absolute atomic E-state index is 8.88. The molecule has 0 unspecified atom stereocenters. The van der Waals surface area contributed by atoms with Crippen LogP contribution in [0.15, 0.2) is 0 Å². The molecule has 0 aromatic rings. The number of rotatable bonds is 0. The number of phosphoric acid groups is 1. The van der Waals surface area contributed by atoms with Gasteiger partial charge in [0.05, 0.1) is 0 Å². The molecular formula is H3AlCaO4PZn+7. The van der Waals surface area contributed by atoms with Crippen molar-refractivity contribution in [1.82, 2.24) is 0 Å². The van der Waals surface area contributed by atoms with Gasteiger partial charge < -0.3 is 14.7 Å². The Morgan fingerprint density at radius 3 is 1.12 bits per heavy atom. The van der Waals surface area contributed by atoms with Gasteiger partial charge in [0.25, 0.3) is 0 Å². The van der Waals surface area contributed by atoms with Gasteiger partial charge in [-0.1, -0.05) is 0 Å². The van der Waals surface area contributed by atoms with Gasteiger partial charge in [0.15, 0.2) is 0 Å². The van der Waals surface area contributed by atoms with Crippen LogP contribution in [-0.2, 0) is 24.0 Å². The van der Waals surface area contributed by atoms with Crippen LogP contribution in [0.2, 0.25) is 0 Å². The molecule has 4 nitrogen and oxygen atoms in total. The van der Waals surface area contributed by atoms with E-state index in [1.807, 2.05) is 0 Å². The minimum Gasteiger partial charge on any atom is -0.303 e. The van der Waals surface area contributed by atoms with E-state index in [-0.39, 0.29) is 74.6 Å². The fraction of sp³-hybridized carbons (Fsp3) is 0. The summed E-state index contributed by atoms with van der Waals surface area (Å²) in [7, 11) is -4.64. The second-order valence-electron chi connectivity index (χ2n) is 0.513. The van der Waals surface area contributed by atoms with Gasteiger partial charge in [-0.25, -0.2) is 4.57 Å². The minimum atomic E-state index is -4.64. The zero-order valence-electron chi connectivity index (χ0n) is 4.19. The van der Waals surface area contributed by atoms with Crippen LogP contribution in [0, 0.1) is 0 Å². The second-order valence-corrected chi connectivity index (χ2v) is 1.54. The third-order valence-electron chi connectivity index (χ3n) is 0. The molecule has 0 aromatic carbocycles. The van der Waals surface area contributed by atoms with E-state index in [0.717, 1.165) is 0 Å². The van der Waals surface area contributed by atoms with Crippen LogP contribution in [0.1, 0.15) is 0 Å². The first-order valence-electron chi connectivity index (χ1n) is 0.783. The fourth-order valence-electron chi connectivity index (χ4n) is 0. The molecule has 0 atom stereocenters. The van der Waals surface area contributed by atoms with Crippen LogP contribution in [-0.4, -0.2) is 69.8 Å². The Hall–Kier alpha value is 2.53. The van der Waals surface area contributed by atoms with Gasteiger partial charge in [0.2, 0.25) is 0 Å². The largest absolute Gasteiger partial charge is 3.00 e. The van der Waals surface area contributed by atoms with Gasteiger partial charge in [0.1, 0.15) is 0 Å². The molecule has 0 radical (unpaired) electrons. The monoisotopic (exact) mass is 229 g/mol. The predicted octanol–water partition coefficient (Wildman–Crippen LogP) is -1.69. The summed E-state index contributed by atoms with van der Waals surface area (Å²) in [6, 6.07) is 0. The molecule has 8 heavy (non-hydrogen) atoms. The molecule has 0 aliphatic rings. The standard InChI is InChI=1S/Al.Ca.H3O4P.Zn/c;;1-5(2,3)4;/h;;(H3,1,2,3,4);/q+3;+2;;+2. The van der Waals surface area contributed by atoms with E-state index >= 15 is 0 Å². The molecule has 0 saturated heterocycles. The van der Waals surface area contributed by atoms with Crippen molar-refractivity contribution >= 4 is 62.9 Å². The zero-order chi connectivity index (χ0) is 4.50. The van der Waals surface area contributed by atoms with E-state index < -0.39 is 7.82 Å². The van der Waals surface area contributed by atoms with Gasteiger partial charge in [-0.15, -0.1) is 0 Å². The zero-order valence-corrected chi connectivity index (χ0v) is 11.4. The molecule has 3 N–H and O–H groups in total. The molecular weight excluding hydrogens is 227 g/mol. The van der Waals surface area contributed by atoms with E-state index in [1.165, 1.54) is 0 Å². The number of hydrogen-bond acceptors (Lipinski definition) is 1. The predicted molar refractivity (Wildman–Crippen MR) is 25.8 cm³/mol. The van der Waals surface area contributed by atoms with E-state index in [4.69, 9.17) is 19.2 Å². The molecule has 0 aliphatic heterocycles. The van der Waals surface area contributed by atoms with Gasteiger partial charge in [-0.3, -0.25) is 0 Å². The van der Waals surface area contributed by atoms with Crippen LogP contribution in [0.3, 0.4) is 0 Å². The molecule has 0 fully saturated rings. The summed E-state index contributed by atoms with van der Waals surface area (Å²) in [5.74, 6) is 0. The molecule has 0 amide bonds. The molecule has 32 valence electrons. The average Bonchev–Trinajstić information content (AvgIpc) is 0.722. The van der Waals surface area contributed by atoms with Crippen LogP contribution in [0.4, 0.5) is 0 Å². The molecule has 0 heterocycles. The van der Waals surface area contributed by atoms with Crippen LogP contribution < -0.4 is 0 Å². The van der Waals surface area contributed by atoms with E-state index in [9.17, 15) is 0 Å².